The quantitative estimate of drug-likeness (QED) is 0.537. The van der Waals surface area contributed by atoms with Gasteiger partial charge in [0, 0.05) is 18.8 Å². The third-order valence-electron chi connectivity index (χ3n) is 3.60. The summed E-state index contributed by atoms with van der Waals surface area (Å²) in [5, 5.41) is 0. The molecule has 0 bridgehead atoms. The second-order valence-electron chi connectivity index (χ2n) is 4.72. The summed E-state index contributed by atoms with van der Waals surface area (Å²) in [4.78, 5) is 2.55. The summed E-state index contributed by atoms with van der Waals surface area (Å²) >= 11 is 4.24. The van der Waals surface area contributed by atoms with E-state index in [9.17, 15) is 0 Å². The fraction of sp³-hybridized carbons (Fsp3) is 0.818. The summed E-state index contributed by atoms with van der Waals surface area (Å²) in [7, 11) is 0. The molecule has 2 rings (SSSR count). The van der Waals surface area contributed by atoms with Crippen LogP contribution < -0.4 is 0 Å². The zero-order valence-corrected chi connectivity index (χ0v) is 9.15. The molecule has 0 unspecified atom stereocenters. The van der Waals surface area contributed by atoms with Crippen molar-refractivity contribution in [1.82, 2.24) is 4.90 Å². The van der Waals surface area contributed by atoms with Gasteiger partial charge >= 0.3 is 0 Å². The van der Waals surface area contributed by atoms with Crippen molar-refractivity contribution in [2.24, 2.45) is 5.41 Å². The van der Waals surface area contributed by atoms with Crippen molar-refractivity contribution >= 4 is 12.6 Å². The third-order valence-corrected chi connectivity index (χ3v) is 4.05. The maximum absolute atomic E-state index is 4.24. The van der Waals surface area contributed by atoms with Crippen molar-refractivity contribution in [1.29, 1.82) is 0 Å². The van der Waals surface area contributed by atoms with Crippen molar-refractivity contribution in [2.75, 3.05) is 25.4 Å². The Morgan fingerprint density at radius 3 is 2.62 bits per heavy atom. The summed E-state index contributed by atoms with van der Waals surface area (Å²) < 4.78 is 0. The Morgan fingerprint density at radius 1 is 1.38 bits per heavy atom. The van der Waals surface area contributed by atoms with Gasteiger partial charge in [-0.15, -0.1) is 0 Å². The van der Waals surface area contributed by atoms with E-state index in [2.05, 4.69) is 24.1 Å². The van der Waals surface area contributed by atoms with Crippen LogP contribution in [0.15, 0.2) is 12.2 Å². The molecule has 2 aliphatic rings. The smallest absolute Gasteiger partial charge is 0.0198 e. The molecule has 0 aromatic carbocycles. The van der Waals surface area contributed by atoms with Crippen LogP contribution >= 0.6 is 12.6 Å². The molecule has 0 N–H and O–H groups in total. The molecule has 1 heterocycles. The maximum Gasteiger partial charge on any atom is 0.0198 e. The first-order valence-corrected chi connectivity index (χ1v) is 5.87. The fourth-order valence-corrected chi connectivity index (χ4v) is 2.71. The van der Waals surface area contributed by atoms with Gasteiger partial charge in [-0.1, -0.05) is 18.6 Å². The molecular weight excluding hydrogens is 178 g/mol. The first-order valence-electron chi connectivity index (χ1n) is 5.24. The highest BCUT2D eigenvalue weighted by Crippen LogP contribution is 2.47. The largest absolute Gasteiger partial charge is 0.299 e. The first-order chi connectivity index (χ1) is 6.24. The van der Waals surface area contributed by atoms with Crippen LogP contribution in [-0.4, -0.2) is 30.3 Å². The van der Waals surface area contributed by atoms with E-state index >= 15 is 0 Å². The zero-order chi connectivity index (χ0) is 9.31. The Bertz CT molecular complexity index is 208. The van der Waals surface area contributed by atoms with Gasteiger partial charge in [0.25, 0.3) is 0 Å². The highest BCUT2D eigenvalue weighted by molar-refractivity contribution is 7.80. The van der Waals surface area contributed by atoms with Crippen LogP contribution in [-0.2, 0) is 0 Å². The Balaban J connectivity index is 1.81. The molecule has 0 radical (unpaired) electrons. The molecule has 1 nitrogen and oxygen atoms in total. The predicted molar refractivity (Wildman–Crippen MR) is 60.3 cm³/mol. The predicted octanol–water partition coefficient (Wildman–Crippen LogP) is 2.35. The monoisotopic (exact) mass is 197 g/mol. The minimum absolute atomic E-state index is 0.733. The molecule has 1 spiro atoms. The van der Waals surface area contributed by atoms with Crippen LogP contribution in [0.2, 0.25) is 0 Å². The van der Waals surface area contributed by atoms with E-state index in [4.69, 9.17) is 0 Å². The number of hydrogen-bond donors (Lipinski definition) is 1. The summed E-state index contributed by atoms with van der Waals surface area (Å²) in [6.45, 7) is 7.69. The highest BCUT2D eigenvalue weighted by Gasteiger charge is 2.42. The lowest BCUT2D eigenvalue weighted by atomic mass is 9.68. The molecular formula is C11H19NS. The fourth-order valence-electron chi connectivity index (χ4n) is 2.61. The van der Waals surface area contributed by atoms with Crippen molar-refractivity contribution in [2.45, 2.75) is 25.7 Å². The third kappa shape index (κ3) is 1.94. The van der Waals surface area contributed by atoms with Gasteiger partial charge in [0.05, 0.1) is 0 Å². The topological polar surface area (TPSA) is 3.24 Å². The molecule has 1 saturated heterocycles. The van der Waals surface area contributed by atoms with Gasteiger partial charge in [-0.05, 0) is 31.2 Å². The van der Waals surface area contributed by atoms with Gasteiger partial charge in [-0.3, -0.25) is 4.90 Å². The number of likely N-dealkylation sites (tertiary alicyclic amines) is 1. The Morgan fingerprint density at radius 2 is 2.15 bits per heavy atom. The number of hydrogen-bond acceptors (Lipinski definition) is 2. The molecule has 0 aromatic heterocycles. The van der Waals surface area contributed by atoms with E-state index in [1.54, 1.807) is 0 Å². The number of thiol groups is 1. The van der Waals surface area contributed by atoms with Crippen molar-refractivity contribution in [3.63, 3.8) is 0 Å². The molecule has 0 aromatic rings. The van der Waals surface area contributed by atoms with E-state index in [1.165, 1.54) is 44.3 Å². The van der Waals surface area contributed by atoms with Crippen LogP contribution in [0, 0.1) is 5.41 Å². The van der Waals surface area contributed by atoms with Crippen molar-refractivity contribution < 1.29 is 0 Å². The van der Waals surface area contributed by atoms with Crippen LogP contribution in [0.1, 0.15) is 25.7 Å². The normalized spacial score (nSPS) is 26.2. The summed E-state index contributed by atoms with van der Waals surface area (Å²) in [5.74, 6) is 0.837. The SMILES string of the molecule is C=C(CS)CN1CCC2(CCC2)C1. The van der Waals surface area contributed by atoms with Gasteiger partial charge in [-0.25, -0.2) is 0 Å². The standard InChI is InChI=1S/C11H19NS/c1-10(8-13)7-12-6-5-11(9-12)3-2-4-11/h13H,1-9H2. The molecule has 13 heavy (non-hydrogen) atoms. The first kappa shape index (κ1) is 9.60. The summed E-state index contributed by atoms with van der Waals surface area (Å²) in [6, 6.07) is 0. The molecule has 2 heteroatoms. The Hall–Kier alpha value is 0.0500. The highest BCUT2D eigenvalue weighted by atomic mass is 32.1. The average Bonchev–Trinajstić information content (AvgIpc) is 2.48. The molecule has 1 aliphatic carbocycles. The molecule has 0 amide bonds. The lowest BCUT2D eigenvalue weighted by Gasteiger charge is -2.38. The minimum atomic E-state index is 0.733. The second-order valence-corrected chi connectivity index (χ2v) is 5.04. The minimum Gasteiger partial charge on any atom is -0.299 e. The van der Waals surface area contributed by atoms with Crippen LogP contribution in [0.5, 0.6) is 0 Å². The van der Waals surface area contributed by atoms with E-state index in [1.807, 2.05) is 0 Å². The lowest BCUT2D eigenvalue weighted by Crippen LogP contribution is -2.33. The average molecular weight is 197 g/mol. The van der Waals surface area contributed by atoms with Gasteiger partial charge in [0.2, 0.25) is 0 Å². The Labute approximate surface area is 86.6 Å². The van der Waals surface area contributed by atoms with E-state index in [0.717, 1.165) is 17.7 Å². The van der Waals surface area contributed by atoms with E-state index < -0.39 is 0 Å². The molecule has 74 valence electrons. The van der Waals surface area contributed by atoms with Crippen LogP contribution in [0.25, 0.3) is 0 Å². The van der Waals surface area contributed by atoms with Gasteiger partial charge in [0.1, 0.15) is 0 Å². The Kier molecular flexibility index (Phi) is 2.70. The summed E-state index contributed by atoms with van der Waals surface area (Å²) in [6.07, 6.45) is 5.82. The lowest BCUT2D eigenvalue weighted by molar-refractivity contribution is 0.142. The zero-order valence-electron chi connectivity index (χ0n) is 8.26. The molecule has 1 aliphatic heterocycles. The van der Waals surface area contributed by atoms with Gasteiger partial charge < -0.3 is 0 Å². The van der Waals surface area contributed by atoms with Gasteiger partial charge in [-0.2, -0.15) is 12.6 Å². The van der Waals surface area contributed by atoms with Crippen LogP contribution in [0.3, 0.4) is 0 Å². The number of nitrogens with zero attached hydrogens (tertiary/aromatic N) is 1. The van der Waals surface area contributed by atoms with Crippen molar-refractivity contribution in [3.8, 4) is 0 Å². The maximum atomic E-state index is 4.24. The van der Waals surface area contributed by atoms with E-state index in [0.29, 0.717) is 0 Å². The van der Waals surface area contributed by atoms with Crippen molar-refractivity contribution in [3.05, 3.63) is 12.2 Å². The second kappa shape index (κ2) is 3.66. The molecule has 2 fully saturated rings. The van der Waals surface area contributed by atoms with Gasteiger partial charge in [0.15, 0.2) is 0 Å². The summed E-state index contributed by atoms with van der Waals surface area (Å²) in [5.41, 5.74) is 2.00. The van der Waals surface area contributed by atoms with E-state index in [-0.39, 0.29) is 0 Å². The molecule has 0 atom stereocenters. The molecule has 1 saturated carbocycles. The van der Waals surface area contributed by atoms with Crippen LogP contribution in [0.4, 0.5) is 0 Å². The number of rotatable bonds is 3.